The Balaban J connectivity index is 1.41. The third-order valence-electron chi connectivity index (χ3n) is 11.1. The maximum Gasteiger partial charge on any atom is 0.168 e. The quantitative estimate of drug-likeness (QED) is 0.467. The van der Waals surface area contributed by atoms with Crippen molar-refractivity contribution in [2.24, 2.45) is 40.4 Å². The van der Waals surface area contributed by atoms with Crippen molar-refractivity contribution in [2.45, 2.75) is 123 Å². The molecule has 164 valence electrons. The van der Waals surface area contributed by atoms with E-state index in [1.165, 1.54) is 64.2 Å². The zero-order valence-corrected chi connectivity index (χ0v) is 19.7. The summed E-state index contributed by atoms with van der Waals surface area (Å²) in [6.45, 7) is 12.2. The van der Waals surface area contributed by atoms with Crippen molar-refractivity contribution < 1.29 is 9.53 Å². The Kier molecular flexibility index (Phi) is 4.65. The number of ether oxygens (including phenoxy) is 1. The highest BCUT2D eigenvalue weighted by molar-refractivity contribution is 5.94. The predicted molar refractivity (Wildman–Crippen MR) is 118 cm³/mol. The lowest BCUT2D eigenvalue weighted by Crippen LogP contribution is -2.61. The van der Waals surface area contributed by atoms with Gasteiger partial charge in [0.25, 0.3) is 0 Å². The van der Waals surface area contributed by atoms with Crippen LogP contribution in [0.5, 0.6) is 0 Å². The van der Waals surface area contributed by atoms with Gasteiger partial charge in [0.15, 0.2) is 11.4 Å². The van der Waals surface area contributed by atoms with E-state index in [4.69, 9.17) is 4.74 Å². The molecule has 0 bridgehead atoms. The van der Waals surface area contributed by atoms with Crippen LogP contribution in [0, 0.1) is 40.4 Å². The monoisotopic (exact) mass is 400 g/mol. The fourth-order valence-corrected chi connectivity index (χ4v) is 9.51. The normalized spacial score (nSPS) is 51.8. The Morgan fingerprint density at radius 1 is 1.00 bits per heavy atom. The number of Topliss-reactive ketones (excluding diaryl/α,β-unsaturated/α-hetero) is 1. The molecular weight excluding hydrogens is 356 g/mol. The van der Waals surface area contributed by atoms with Gasteiger partial charge >= 0.3 is 0 Å². The lowest BCUT2D eigenvalue weighted by atomic mass is 9.44. The van der Waals surface area contributed by atoms with Gasteiger partial charge in [-0.05, 0) is 67.6 Å². The molecule has 5 fully saturated rings. The summed E-state index contributed by atoms with van der Waals surface area (Å²) in [6, 6.07) is 0. The molecule has 1 heterocycles. The van der Waals surface area contributed by atoms with Gasteiger partial charge in [0.2, 0.25) is 0 Å². The van der Waals surface area contributed by atoms with E-state index in [0.29, 0.717) is 23.0 Å². The van der Waals surface area contributed by atoms with E-state index < -0.39 is 5.60 Å². The van der Waals surface area contributed by atoms with E-state index in [1.54, 1.807) is 0 Å². The summed E-state index contributed by atoms with van der Waals surface area (Å²) >= 11 is 0. The summed E-state index contributed by atoms with van der Waals surface area (Å²) < 4.78 is 6.88. The van der Waals surface area contributed by atoms with Crippen molar-refractivity contribution in [3.63, 3.8) is 0 Å². The minimum atomic E-state index is -0.394. The summed E-state index contributed by atoms with van der Waals surface area (Å²) in [7, 11) is 0. The first kappa shape index (κ1) is 20.5. The maximum absolute atomic E-state index is 13.7. The van der Waals surface area contributed by atoms with Crippen molar-refractivity contribution >= 4 is 5.78 Å². The molecule has 5 aliphatic rings. The largest absolute Gasteiger partial charge is 0.353 e. The van der Waals surface area contributed by atoms with Crippen LogP contribution in [-0.2, 0) is 9.53 Å². The fraction of sp³-hybridized carbons (Fsp3) is 0.963. The molecule has 0 radical (unpaired) electrons. The molecule has 29 heavy (non-hydrogen) atoms. The summed E-state index contributed by atoms with van der Waals surface area (Å²) in [4.78, 5) is 13.7. The molecule has 0 amide bonds. The highest BCUT2D eigenvalue weighted by Gasteiger charge is 2.89. The molecule has 4 saturated carbocycles. The van der Waals surface area contributed by atoms with Crippen LogP contribution in [-0.4, -0.2) is 17.0 Å². The average Bonchev–Trinajstić information content (AvgIpc) is 3.26. The van der Waals surface area contributed by atoms with Crippen molar-refractivity contribution in [1.82, 2.24) is 0 Å². The van der Waals surface area contributed by atoms with E-state index >= 15 is 0 Å². The standard InChI is InChI=1S/C27H44O2/c1-18(2)9-8-10-19(3)21-12-16-26-25(21,5)15-13-22-24(4)14-7-6-11-20(24)17-23(28)27(22,26)29-26/h18-22H,6-17H2,1-5H3/t19-,20-,21-,22-,24+,25-,26+,27+/m1/s1. The van der Waals surface area contributed by atoms with Crippen molar-refractivity contribution in [3.05, 3.63) is 0 Å². The van der Waals surface area contributed by atoms with Crippen LogP contribution in [0.25, 0.3) is 0 Å². The van der Waals surface area contributed by atoms with Gasteiger partial charge in [-0.3, -0.25) is 4.79 Å². The molecular formula is C27H44O2. The smallest absolute Gasteiger partial charge is 0.168 e. The fourth-order valence-electron chi connectivity index (χ4n) is 9.51. The molecule has 2 nitrogen and oxygen atoms in total. The minimum absolute atomic E-state index is 0.109. The van der Waals surface area contributed by atoms with Crippen molar-refractivity contribution in [3.8, 4) is 0 Å². The number of rotatable bonds is 5. The molecule has 0 N–H and O–H groups in total. The highest BCUT2D eigenvalue weighted by atomic mass is 16.6. The summed E-state index contributed by atoms with van der Waals surface area (Å²) in [5, 5.41) is 0. The number of hydrogen-bond acceptors (Lipinski definition) is 2. The number of fused-ring (bicyclic) bond motifs is 2. The Morgan fingerprint density at radius 3 is 2.55 bits per heavy atom. The van der Waals surface area contributed by atoms with Crippen LogP contribution in [0.15, 0.2) is 0 Å². The highest BCUT2D eigenvalue weighted by Crippen LogP contribution is 2.80. The van der Waals surface area contributed by atoms with Gasteiger partial charge in [0.1, 0.15) is 5.60 Å². The number of epoxide rings is 1. The molecule has 0 aromatic carbocycles. The van der Waals surface area contributed by atoms with Crippen LogP contribution >= 0.6 is 0 Å². The molecule has 5 rings (SSSR count). The van der Waals surface area contributed by atoms with E-state index in [1.807, 2.05) is 0 Å². The number of ketones is 1. The molecule has 1 aliphatic heterocycles. The predicted octanol–water partition coefficient (Wildman–Crippen LogP) is 6.95. The van der Waals surface area contributed by atoms with Crippen LogP contribution in [0.1, 0.15) is 112 Å². The number of carbonyl (C=O) groups excluding carboxylic acids is 1. The SMILES string of the molecule is CC(C)CCC[C@@H](C)[C@H]1CC[C@@]23O[C@@]24C(=O)C[C@H]2CCCC[C@]2(C)[C@H]4CC[C@]13C. The lowest BCUT2D eigenvalue weighted by Gasteiger charge is -2.57. The molecule has 1 saturated heterocycles. The van der Waals surface area contributed by atoms with Gasteiger partial charge in [-0.25, -0.2) is 0 Å². The molecule has 2 spiro atoms. The van der Waals surface area contributed by atoms with Gasteiger partial charge in [-0.2, -0.15) is 0 Å². The second kappa shape index (κ2) is 6.57. The average molecular weight is 401 g/mol. The molecule has 0 unspecified atom stereocenters. The van der Waals surface area contributed by atoms with E-state index in [-0.39, 0.29) is 11.0 Å². The zero-order chi connectivity index (χ0) is 20.7. The first-order valence-corrected chi connectivity index (χ1v) is 12.9. The van der Waals surface area contributed by atoms with E-state index in [9.17, 15) is 4.79 Å². The second-order valence-corrected chi connectivity index (χ2v) is 12.7. The van der Waals surface area contributed by atoms with E-state index in [0.717, 1.165) is 30.6 Å². The molecule has 4 aliphatic carbocycles. The van der Waals surface area contributed by atoms with E-state index in [2.05, 4.69) is 34.6 Å². The molecule has 8 atom stereocenters. The van der Waals surface area contributed by atoms with Crippen LogP contribution in [0.4, 0.5) is 0 Å². The maximum atomic E-state index is 13.7. The molecule has 2 heteroatoms. The van der Waals surface area contributed by atoms with Gasteiger partial charge in [0.05, 0.1) is 0 Å². The first-order chi connectivity index (χ1) is 13.7. The summed E-state index contributed by atoms with van der Waals surface area (Å²) in [5.41, 5.74) is 0.0591. The minimum Gasteiger partial charge on any atom is -0.353 e. The van der Waals surface area contributed by atoms with Crippen molar-refractivity contribution in [1.29, 1.82) is 0 Å². The Hall–Kier alpha value is -0.370. The van der Waals surface area contributed by atoms with Gasteiger partial charge < -0.3 is 4.74 Å². The van der Waals surface area contributed by atoms with Crippen LogP contribution < -0.4 is 0 Å². The topological polar surface area (TPSA) is 29.6 Å². The first-order valence-electron chi connectivity index (χ1n) is 12.9. The Labute approximate surface area is 178 Å². The Morgan fingerprint density at radius 2 is 1.79 bits per heavy atom. The molecule has 0 aromatic heterocycles. The number of hydrogen-bond donors (Lipinski definition) is 0. The van der Waals surface area contributed by atoms with Crippen LogP contribution in [0.3, 0.4) is 0 Å². The van der Waals surface area contributed by atoms with Gasteiger partial charge in [-0.1, -0.05) is 66.7 Å². The third-order valence-corrected chi connectivity index (χ3v) is 11.1. The van der Waals surface area contributed by atoms with Gasteiger partial charge in [0, 0.05) is 17.8 Å². The summed E-state index contributed by atoms with van der Waals surface area (Å²) in [6.07, 6.45) is 15.1. The lowest BCUT2D eigenvalue weighted by molar-refractivity contribution is -0.145. The third kappa shape index (κ3) is 2.48. The zero-order valence-electron chi connectivity index (χ0n) is 19.7. The van der Waals surface area contributed by atoms with Gasteiger partial charge in [-0.15, -0.1) is 0 Å². The van der Waals surface area contributed by atoms with Crippen molar-refractivity contribution in [2.75, 3.05) is 0 Å². The second-order valence-electron chi connectivity index (χ2n) is 12.7. The Bertz CT molecular complexity index is 684. The van der Waals surface area contributed by atoms with Crippen LogP contribution in [0.2, 0.25) is 0 Å². The summed E-state index contributed by atoms with van der Waals surface area (Å²) in [5.74, 6) is 3.92. The number of carbonyl (C=O) groups is 1. The molecule has 0 aromatic rings.